The molecule has 0 amide bonds. The van der Waals surface area contributed by atoms with Crippen LogP contribution in [0.1, 0.15) is 30.4 Å². The molecule has 0 saturated heterocycles. The van der Waals surface area contributed by atoms with Crippen molar-refractivity contribution in [1.29, 1.82) is 0 Å². The van der Waals surface area contributed by atoms with E-state index in [2.05, 4.69) is 53.4 Å². The van der Waals surface area contributed by atoms with E-state index < -0.39 is 6.10 Å². The van der Waals surface area contributed by atoms with E-state index in [9.17, 15) is 5.11 Å². The maximum absolute atomic E-state index is 10.8. The monoisotopic (exact) mass is 308 g/mol. The molecule has 1 aliphatic carbocycles. The Hall–Kier alpha value is -1.84. The van der Waals surface area contributed by atoms with Gasteiger partial charge in [0.05, 0.1) is 12.1 Å². The average molecular weight is 308 g/mol. The summed E-state index contributed by atoms with van der Waals surface area (Å²) < 4.78 is 0. The first-order chi connectivity index (χ1) is 11.3. The van der Waals surface area contributed by atoms with Crippen LogP contribution in [0.2, 0.25) is 0 Å². The van der Waals surface area contributed by atoms with Crippen molar-refractivity contribution in [3.63, 3.8) is 0 Å². The fourth-order valence-corrected chi connectivity index (χ4v) is 4.14. The van der Waals surface area contributed by atoms with Gasteiger partial charge >= 0.3 is 0 Å². The summed E-state index contributed by atoms with van der Waals surface area (Å²) in [4.78, 5) is 2.36. The van der Waals surface area contributed by atoms with Gasteiger partial charge in [-0.05, 0) is 55.4 Å². The van der Waals surface area contributed by atoms with Gasteiger partial charge in [-0.15, -0.1) is 0 Å². The number of aliphatic hydroxyl groups is 1. The van der Waals surface area contributed by atoms with Gasteiger partial charge in [0.1, 0.15) is 0 Å². The Balaban J connectivity index is 1.86. The van der Waals surface area contributed by atoms with E-state index in [1.807, 2.05) is 0 Å². The number of aliphatic hydroxyl groups excluding tert-OH is 1. The standard InChI is InChI=1S/C20H24N2O/c21-16-8-5-11-19(20(16)23)22-17-9-3-1-6-14(17)12-13-15-7-2-4-10-18(15)22/h1-4,6-7,9-10,16,19-20,23H,5,8,11-13,21H2/t16-,19+,20+/m1/s1. The number of hydrogen-bond donors (Lipinski definition) is 2. The maximum atomic E-state index is 10.8. The Labute approximate surface area is 137 Å². The van der Waals surface area contributed by atoms with Crippen molar-refractivity contribution in [3.8, 4) is 0 Å². The highest BCUT2D eigenvalue weighted by Crippen LogP contribution is 2.40. The molecular weight excluding hydrogens is 284 g/mol. The molecule has 2 aliphatic rings. The molecule has 0 radical (unpaired) electrons. The molecule has 3 nitrogen and oxygen atoms in total. The van der Waals surface area contributed by atoms with E-state index in [1.54, 1.807) is 0 Å². The van der Waals surface area contributed by atoms with E-state index in [-0.39, 0.29) is 12.1 Å². The van der Waals surface area contributed by atoms with Gasteiger partial charge in [0.15, 0.2) is 0 Å². The molecule has 0 aromatic heterocycles. The number of fused-ring (bicyclic) bond motifs is 2. The topological polar surface area (TPSA) is 49.5 Å². The number of para-hydroxylation sites is 2. The summed E-state index contributed by atoms with van der Waals surface area (Å²) in [5, 5.41) is 10.8. The van der Waals surface area contributed by atoms with Gasteiger partial charge in [0, 0.05) is 17.4 Å². The van der Waals surface area contributed by atoms with Crippen LogP contribution >= 0.6 is 0 Å². The van der Waals surface area contributed by atoms with Crippen LogP contribution in [0.25, 0.3) is 0 Å². The second kappa shape index (κ2) is 5.99. The van der Waals surface area contributed by atoms with Gasteiger partial charge in [-0.3, -0.25) is 0 Å². The molecular formula is C20H24N2O. The van der Waals surface area contributed by atoms with Crippen molar-refractivity contribution in [3.05, 3.63) is 59.7 Å². The second-order valence-electron chi connectivity index (χ2n) is 6.78. The molecule has 0 bridgehead atoms. The molecule has 4 rings (SSSR count). The number of hydrogen-bond acceptors (Lipinski definition) is 3. The Morgan fingerprint density at radius 1 is 0.870 bits per heavy atom. The summed E-state index contributed by atoms with van der Waals surface area (Å²) in [6.45, 7) is 0. The smallest absolute Gasteiger partial charge is 0.0897 e. The largest absolute Gasteiger partial charge is 0.389 e. The van der Waals surface area contributed by atoms with E-state index >= 15 is 0 Å². The molecule has 120 valence electrons. The number of anilines is 2. The zero-order chi connectivity index (χ0) is 15.8. The summed E-state index contributed by atoms with van der Waals surface area (Å²) >= 11 is 0. The van der Waals surface area contributed by atoms with E-state index in [0.29, 0.717) is 0 Å². The fourth-order valence-electron chi connectivity index (χ4n) is 4.14. The first-order valence-electron chi connectivity index (χ1n) is 8.64. The van der Waals surface area contributed by atoms with Crippen LogP contribution in [-0.2, 0) is 12.8 Å². The Kier molecular flexibility index (Phi) is 3.83. The molecule has 3 heteroatoms. The second-order valence-corrected chi connectivity index (χ2v) is 6.78. The lowest BCUT2D eigenvalue weighted by Gasteiger charge is -2.42. The van der Waals surface area contributed by atoms with Crippen molar-refractivity contribution >= 4 is 11.4 Å². The zero-order valence-electron chi connectivity index (χ0n) is 13.4. The number of nitrogens with zero attached hydrogens (tertiary/aromatic N) is 1. The third kappa shape index (κ3) is 2.54. The lowest BCUT2D eigenvalue weighted by Crippen LogP contribution is -2.53. The minimum Gasteiger partial charge on any atom is -0.389 e. The molecule has 1 saturated carbocycles. The molecule has 2 aromatic rings. The lowest BCUT2D eigenvalue weighted by molar-refractivity contribution is 0.0878. The number of aryl methyl sites for hydroxylation is 2. The van der Waals surface area contributed by atoms with Gasteiger partial charge < -0.3 is 15.7 Å². The van der Waals surface area contributed by atoms with Crippen molar-refractivity contribution < 1.29 is 5.11 Å². The molecule has 1 heterocycles. The summed E-state index contributed by atoms with van der Waals surface area (Å²) in [7, 11) is 0. The van der Waals surface area contributed by atoms with Gasteiger partial charge in [-0.2, -0.15) is 0 Å². The molecule has 23 heavy (non-hydrogen) atoms. The number of rotatable bonds is 1. The predicted octanol–water partition coefficient (Wildman–Crippen LogP) is 3.16. The van der Waals surface area contributed by atoms with Crippen molar-refractivity contribution in [2.45, 2.75) is 50.3 Å². The van der Waals surface area contributed by atoms with Gasteiger partial charge in [0.25, 0.3) is 0 Å². The van der Waals surface area contributed by atoms with Gasteiger partial charge in [-0.1, -0.05) is 36.4 Å². The van der Waals surface area contributed by atoms with Crippen LogP contribution in [0.5, 0.6) is 0 Å². The molecule has 0 unspecified atom stereocenters. The first-order valence-corrected chi connectivity index (χ1v) is 8.64. The summed E-state index contributed by atoms with van der Waals surface area (Å²) in [5.74, 6) is 0. The number of nitrogens with two attached hydrogens (primary N) is 1. The average Bonchev–Trinajstić information content (AvgIpc) is 2.75. The van der Waals surface area contributed by atoms with Gasteiger partial charge in [0.2, 0.25) is 0 Å². The van der Waals surface area contributed by atoms with Crippen LogP contribution in [0.4, 0.5) is 11.4 Å². The minimum absolute atomic E-state index is 0.0548. The van der Waals surface area contributed by atoms with E-state index in [0.717, 1.165) is 32.1 Å². The molecule has 2 aromatic carbocycles. The summed E-state index contributed by atoms with van der Waals surface area (Å²) in [6, 6.07) is 17.1. The number of benzene rings is 2. The molecule has 3 N–H and O–H groups in total. The highest BCUT2D eigenvalue weighted by atomic mass is 16.3. The molecule has 3 atom stereocenters. The quantitative estimate of drug-likeness (QED) is 0.851. The van der Waals surface area contributed by atoms with Gasteiger partial charge in [-0.25, -0.2) is 0 Å². The predicted molar refractivity (Wildman–Crippen MR) is 94.1 cm³/mol. The van der Waals surface area contributed by atoms with Crippen LogP contribution in [-0.4, -0.2) is 23.3 Å². The van der Waals surface area contributed by atoms with Crippen LogP contribution in [0, 0.1) is 0 Å². The fraction of sp³-hybridized carbons (Fsp3) is 0.400. The van der Waals surface area contributed by atoms with Crippen LogP contribution in [0.3, 0.4) is 0 Å². The zero-order valence-corrected chi connectivity index (χ0v) is 13.4. The Morgan fingerprint density at radius 3 is 2.04 bits per heavy atom. The normalized spacial score (nSPS) is 27.0. The van der Waals surface area contributed by atoms with E-state index in [4.69, 9.17) is 5.73 Å². The first kappa shape index (κ1) is 14.7. The van der Waals surface area contributed by atoms with Crippen molar-refractivity contribution in [1.82, 2.24) is 0 Å². The summed E-state index contributed by atoms with van der Waals surface area (Å²) in [6.07, 6.45) is 4.57. The van der Waals surface area contributed by atoms with Crippen LogP contribution < -0.4 is 10.6 Å². The molecule has 0 spiro atoms. The lowest BCUT2D eigenvalue weighted by atomic mass is 9.86. The Bertz CT molecular complexity index is 652. The third-order valence-electron chi connectivity index (χ3n) is 5.37. The summed E-state index contributed by atoms with van der Waals surface area (Å²) in [5.41, 5.74) is 11.4. The van der Waals surface area contributed by atoms with Crippen molar-refractivity contribution in [2.24, 2.45) is 5.73 Å². The van der Waals surface area contributed by atoms with E-state index in [1.165, 1.54) is 22.5 Å². The highest BCUT2D eigenvalue weighted by molar-refractivity contribution is 5.72. The SMILES string of the molecule is N[C@@H]1CCC[C@H](N2c3ccccc3CCc3ccccc32)[C@H]1O. The minimum atomic E-state index is -0.483. The maximum Gasteiger partial charge on any atom is 0.0897 e. The van der Waals surface area contributed by atoms with Crippen molar-refractivity contribution in [2.75, 3.05) is 4.90 Å². The third-order valence-corrected chi connectivity index (χ3v) is 5.37. The molecule has 1 fully saturated rings. The molecule has 1 aliphatic heterocycles. The highest BCUT2D eigenvalue weighted by Gasteiger charge is 2.36. The van der Waals surface area contributed by atoms with Crippen LogP contribution in [0.15, 0.2) is 48.5 Å². The Morgan fingerprint density at radius 2 is 1.43 bits per heavy atom.